The zero-order valence-electron chi connectivity index (χ0n) is 12.3. The molecule has 0 amide bonds. The molecule has 1 aliphatic heterocycles. The third-order valence-electron chi connectivity index (χ3n) is 4.08. The Morgan fingerprint density at radius 3 is 2.90 bits per heavy atom. The number of aryl methyl sites for hydroxylation is 2. The summed E-state index contributed by atoms with van der Waals surface area (Å²) in [6.07, 6.45) is 3.35. The maximum atomic E-state index is 4.56. The fourth-order valence-corrected chi connectivity index (χ4v) is 2.87. The molecule has 1 aromatic heterocycles. The molecule has 1 saturated heterocycles. The monoisotopic (exact) mass is 272 g/mol. The van der Waals surface area contributed by atoms with Crippen molar-refractivity contribution >= 4 is 11.0 Å². The number of imidazole rings is 1. The van der Waals surface area contributed by atoms with Crippen LogP contribution in [0.4, 0.5) is 0 Å². The predicted octanol–water partition coefficient (Wildman–Crippen LogP) is 1.96. The second-order valence-corrected chi connectivity index (χ2v) is 5.58. The molecule has 0 bridgehead atoms. The maximum Gasteiger partial charge on any atom is 0.106 e. The van der Waals surface area contributed by atoms with Gasteiger partial charge in [0.2, 0.25) is 0 Å². The fraction of sp³-hybridized carbons (Fsp3) is 0.562. The van der Waals surface area contributed by atoms with Crippen molar-refractivity contribution in [2.45, 2.75) is 26.2 Å². The molecule has 4 nitrogen and oxygen atoms in total. The van der Waals surface area contributed by atoms with Gasteiger partial charge in [-0.1, -0.05) is 13.0 Å². The highest BCUT2D eigenvalue weighted by Crippen LogP contribution is 2.15. The van der Waals surface area contributed by atoms with E-state index in [0.29, 0.717) is 0 Å². The first-order chi connectivity index (χ1) is 9.85. The molecule has 2 heterocycles. The number of H-pyrrole nitrogens is 1. The molecule has 1 aliphatic rings. The Kier molecular flexibility index (Phi) is 4.33. The first-order valence-corrected chi connectivity index (χ1v) is 7.76. The highest BCUT2D eigenvalue weighted by molar-refractivity contribution is 5.75. The second-order valence-electron chi connectivity index (χ2n) is 5.58. The normalized spacial score (nSPS) is 16.9. The van der Waals surface area contributed by atoms with Crippen molar-refractivity contribution in [1.82, 2.24) is 20.2 Å². The third kappa shape index (κ3) is 3.19. The quantitative estimate of drug-likeness (QED) is 0.874. The molecule has 3 rings (SSSR count). The second kappa shape index (κ2) is 6.37. The van der Waals surface area contributed by atoms with Crippen molar-refractivity contribution in [2.75, 3.05) is 32.7 Å². The number of hydrogen-bond acceptors (Lipinski definition) is 3. The molecule has 2 N–H and O–H groups in total. The van der Waals surface area contributed by atoms with Crippen LogP contribution in [0, 0.1) is 0 Å². The average Bonchev–Trinajstić information content (AvgIpc) is 2.91. The molecule has 20 heavy (non-hydrogen) atoms. The van der Waals surface area contributed by atoms with Crippen molar-refractivity contribution in [3.63, 3.8) is 0 Å². The van der Waals surface area contributed by atoms with E-state index in [1.54, 1.807) is 0 Å². The van der Waals surface area contributed by atoms with Gasteiger partial charge < -0.3 is 15.2 Å². The number of fused-ring (bicyclic) bond motifs is 1. The van der Waals surface area contributed by atoms with Gasteiger partial charge in [-0.3, -0.25) is 0 Å². The Morgan fingerprint density at radius 2 is 2.10 bits per heavy atom. The summed E-state index contributed by atoms with van der Waals surface area (Å²) in [5, 5.41) is 3.40. The van der Waals surface area contributed by atoms with Gasteiger partial charge in [0.15, 0.2) is 0 Å². The summed E-state index contributed by atoms with van der Waals surface area (Å²) < 4.78 is 0. The van der Waals surface area contributed by atoms with E-state index in [4.69, 9.17) is 0 Å². The Balaban J connectivity index is 1.56. The van der Waals surface area contributed by atoms with Crippen LogP contribution in [-0.2, 0) is 12.8 Å². The van der Waals surface area contributed by atoms with Crippen molar-refractivity contribution in [3.05, 3.63) is 29.6 Å². The fourth-order valence-electron chi connectivity index (χ4n) is 2.87. The largest absolute Gasteiger partial charge is 0.342 e. The first-order valence-electron chi connectivity index (χ1n) is 7.76. The van der Waals surface area contributed by atoms with Crippen molar-refractivity contribution in [2.24, 2.45) is 0 Å². The highest BCUT2D eigenvalue weighted by Gasteiger charge is 2.09. The minimum Gasteiger partial charge on any atom is -0.342 e. The molecular weight excluding hydrogens is 248 g/mol. The molecule has 108 valence electrons. The molecular formula is C16H24N4. The van der Waals surface area contributed by atoms with Gasteiger partial charge in [0.25, 0.3) is 0 Å². The highest BCUT2D eigenvalue weighted by atomic mass is 15.2. The van der Waals surface area contributed by atoms with Gasteiger partial charge in [-0.15, -0.1) is 0 Å². The number of rotatable bonds is 5. The summed E-state index contributed by atoms with van der Waals surface area (Å²) in [6.45, 7) is 8.01. The number of hydrogen-bond donors (Lipinski definition) is 2. The smallest absolute Gasteiger partial charge is 0.106 e. The summed E-state index contributed by atoms with van der Waals surface area (Å²) in [7, 11) is 0. The van der Waals surface area contributed by atoms with E-state index >= 15 is 0 Å². The molecule has 0 unspecified atom stereocenters. The van der Waals surface area contributed by atoms with Crippen molar-refractivity contribution in [3.8, 4) is 0 Å². The summed E-state index contributed by atoms with van der Waals surface area (Å²) in [5.74, 6) is 1.08. The van der Waals surface area contributed by atoms with Crippen LogP contribution in [0.2, 0.25) is 0 Å². The van der Waals surface area contributed by atoms with Gasteiger partial charge in [-0.2, -0.15) is 0 Å². The van der Waals surface area contributed by atoms with Crippen LogP contribution in [0.1, 0.15) is 24.7 Å². The van der Waals surface area contributed by atoms with Gasteiger partial charge in [-0.05, 0) is 37.1 Å². The van der Waals surface area contributed by atoms with Crippen LogP contribution in [-0.4, -0.2) is 47.6 Å². The van der Waals surface area contributed by atoms with E-state index in [2.05, 4.69) is 45.3 Å². The van der Waals surface area contributed by atoms with Crippen LogP contribution >= 0.6 is 0 Å². The maximum absolute atomic E-state index is 4.56. The lowest BCUT2D eigenvalue weighted by Gasteiger charge is -2.27. The van der Waals surface area contributed by atoms with E-state index in [9.17, 15) is 0 Å². The number of nitrogens with one attached hydrogen (secondary N) is 2. The first kappa shape index (κ1) is 13.6. The Labute approximate surface area is 120 Å². The van der Waals surface area contributed by atoms with Gasteiger partial charge >= 0.3 is 0 Å². The summed E-state index contributed by atoms with van der Waals surface area (Å²) in [5.41, 5.74) is 3.69. The number of aromatic amines is 1. The van der Waals surface area contributed by atoms with E-state index < -0.39 is 0 Å². The van der Waals surface area contributed by atoms with Crippen molar-refractivity contribution < 1.29 is 0 Å². The molecule has 0 spiro atoms. The van der Waals surface area contributed by atoms with Gasteiger partial charge in [0, 0.05) is 32.6 Å². The molecule has 0 atom stereocenters. The molecule has 0 radical (unpaired) electrons. The Hall–Kier alpha value is -1.39. The van der Waals surface area contributed by atoms with E-state index in [1.807, 2.05) is 0 Å². The van der Waals surface area contributed by atoms with Crippen molar-refractivity contribution in [1.29, 1.82) is 0 Å². The standard InChI is InChI=1S/C16H24N4/c1-2-16-18-14-6-5-13(12-15(14)19-16)4-3-9-20-10-7-17-8-11-20/h5-6,12,17H,2-4,7-11H2,1H3,(H,18,19). The average molecular weight is 272 g/mol. The van der Waals surface area contributed by atoms with Crippen LogP contribution in [0.25, 0.3) is 11.0 Å². The predicted molar refractivity (Wildman–Crippen MR) is 83.1 cm³/mol. The Morgan fingerprint density at radius 1 is 1.25 bits per heavy atom. The van der Waals surface area contributed by atoms with Gasteiger partial charge in [0.05, 0.1) is 11.0 Å². The van der Waals surface area contributed by atoms with Gasteiger partial charge in [-0.25, -0.2) is 4.98 Å². The van der Waals surface area contributed by atoms with Crippen LogP contribution in [0.15, 0.2) is 18.2 Å². The number of piperazine rings is 1. The van der Waals surface area contributed by atoms with Crippen LogP contribution < -0.4 is 5.32 Å². The summed E-state index contributed by atoms with van der Waals surface area (Å²) in [6, 6.07) is 6.63. The van der Waals surface area contributed by atoms with Crippen LogP contribution in [0.3, 0.4) is 0 Å². The van der Waals surface area contributed by atoms with E-state index in [-0.39, 0.29) is 0 Å². The molecule has 1 aromatic carbocycles. The number of benzene rings is 1. The summed E-state index contributed by atoms with van der Waals surface area (Å²) >= 11 is 0. The minimum atomic E-state index is 0.965. The lowest BCUT2D eigenvalue weighted by Crippen LogP contribution is -2.43. The molecule has 4 heteroatoms. The lowest BCUT2D eigenvalue weighted by molar-refractivity contribution is 0.238. The zero-order chi connectivity index (χ0) is 13.8. The number of nitrogens with zero attached hydrogens (tertiary/aromatic N) is 2. The number of aromatic nitrogens is 2. The molecule has 0 aliphatic carbocycles. The molecule has 2 aromatic rings. The lowest BCUT2D eigenvalue weighted by atomic mass is 10.1. The van der Waals surface area contributed by atoms with Crippen LogP contribution in [0.5, 0.6) is 0 Å². The van der Waals surface area contributed by atoms with E-state index in [0.717, 1.165) is 37.3 Å². The minimum absolute atomic E-state index is 0.965. The Bertz CT molecular complexity index is 555. The zero-order valence-corrected chi connectivity index (χ0v) is 12.3. The topological polar surface area (TPSA) is 44.0 Å². The third-order valence-corrected chi connectivity index (χ3v) is 4.08. The SMILES string of the molecule is CCc1nc2ccc(CCCN3CCNCC3)cc2[nH]1. The molecule has 1 fully saturated rings. The molecule has 0 saturated carbocycles. The van der Waals surface area contributed by atoms with Gasteiger partial charge in [0.1, 0.15) is 5.82 Å². The summed E-state index contributed by atoms with van der Waals surface area (Å²) in [4.78, 5) is 10.5. The van der Waals surface area contributed by atoms with E-state index in [1.165, 1.54) is 37.1 Å².